The SMILES string of the molecule is N#CC1(c2ccccc2)CCC(N2CC[C@@H](CNC(=O)O)C2)CC1. The van der Waals surface area contributed by atoms with Gasteiger partial charge in [-0.2, -0.15) is 5.26 Å². The zero-order valence-corrected chi connectivity index (χ0v) is 13.9. The van der Waals surface area contributed by atoms with E-state index in [0.29, 0.717) is 18.5 Å². The fourth-order valence-electron chi connectivity index (χ4n) is 4.28. The first-order valence-electron chi connectivity index (χ1n) is 8.80. The maximum Gasteiger partial charge on any atom is 0.404 e. The van der Waals surface area contributed by atoms with Crippen molar-refractivity contribution in [2.45, 2.75) is 43.6 Å². The van der Waals surface area contributed by atoms with Gasteiger partial charge in [-0.05, 0) is 50.1 Å². The van der Waals surface area contributed by atoms with Crippen LogP contribution in [0.25, 0.3) is 0 Å². The van der Waals surface area contributed by atoms with Crippen LogP contribution in [0.2, 0.25) is 0 Å². The Hall–Kier alpha value is -2.06. The Morgan fingerprint density at radius 1 is 1.29 bits per heavy atom. The van der Waals surface area contributed by atoms with E-state index in [1.165, 1.54) is 0 Å². The number of hydrogen-bond donors (Lipinski definition) is 2. The van der Waals surface area contributed by atoms with E-state index in [-0.39, 0.29) is 5.41 Å². The summed E-state index contributed by atoms with van der Waals surface area (Å²) in [5.74, 6) is 0.415. The Labute approximate surface area is 143 Å². The van der Waals surface area contributed by atoms with Crippen LogP contribution >= 0.6 is 0 Å². The molecule has 5 nitrogen and oxygen atoms in total. The summed E-state index contributed by atoms with van der Waals surface area (Å²) in [6.07, 6.45) is 4.02. The number of rotatable bonds is 4. The molecule has 5 heteroatoms. The number of likely N-dealkylation sites (tertiary alicyclic amines) is 1. The van der Waals surface area contributed by atoms with Crippen molar-refractivity contribution in [3.05, 3.63) is 35.9 Å². The molecule has 2 aliphatic rings. The normalized spacial score (nSPS) is 30.6. The first kappa shape index (κ1) is 16.8. The first-order chi connectivity index (χ1) is 11.6. The van der Waals surface area contributed by atoms with E-state index in [9.17, 15) is 10.1 Å². The van der Waals surface area contributed by atoms with E-state index in [1.807, 2.05) is 18.2 Å². The van der Waals surface area contributed by atoms with Gasteiger partial charge in [0.25, 0.3) is 0 Å². The van der Waals surface area contributed by atoms with Crippen LogP contribution in [-0.2, 0) is 5.41 Å². The van der Waals surface area contributed by atoms with Crippen LogP contribution in [0, 0.1) is 17.2 Å². The molecule has 1 atom stereocenters. The number of benzene rings is 1. The molecule has 1 aliphatic carbocycles. The molecule has 1 heterocycles. The summed E-state index contributed by atoms with van der Waals surface area (Å²) in [6, 6.07) is 13.3. The lowest BCUT2D eigenvalue weighted by atomic mass is 9.69. The monoisotopic (exact) mass is 327 g/mol. The molecule has 1 saturated carbocycles. The van der Waals surface area contributed by atoms with Crippen LogP contribution in [-0.4, -0.2) is 41.8 Å². The lowest BCUT2D eigenvalue weighted by molar-refractivity contribution is 0.159. The molecule has 2 N–H and O–H groups in total. The van der Waals surface area contributed by atoms with Gasteiger partial charge in [0.05, 0.1) is 11.5 Å². The van der Waals surface area contributed by atoms with Gasteiger partial charge in [0, 0.05) is 19.1 Å². The van der Waals surface area contributed by atoms with E-state index < -0.39 is 6.09 Å². The standard InChI is InChI=1S/C19H25N3O2/c20-14-19(16-4-2-1-3-5-16)9-6-17(7-10-19)22-11-8-15(13-22)12-21-18(23)24/h1-5,15,17,21H,6-13H2,(H,23,24)/t15-,17?,19?/m0/s1. The summed E-state index contributed by atoms with van der Waals surface area (Å²) in [4.78, 5) is 13.1. The van der Waals surface area contributed by atoms with Gasteiger partial charge >= 0.3 is 6.09 Å². The van der Waals surface area contributed by atoms with Crippen LogP contribution in [0.3, 0.4) is 0 Å². The second kappa shape index (κ2) is 7.23. The fourth-order valence-corrected chi connectivity index (χ4v) is 4.28. The van der Waals surface area contributed by atoms with Crippen molar-refractivity contribution in [3.63, 3.8) is 0 Å². The maximum atomic E-state index is 10.6. The van der Waals surface area contributed by atoms with Crippen LogP contribution < -0.4 is 5.32 Å². The number of hydrogen-bond acceptors (Lipinski definition) is 3. The molecular formula is C19H25N3O2. The van der Waals surface area contributed by atoms with Crippen LogP contribution in [0.15, 0.2) is 30.3 Å². The lowest BCUT2D eigenvalue weighted by Crippen LogP contribution is -2.41. The average molecular weight is 327 g/mol. The Bertz CT molecular complexity index is 603. The minimum Gasteiger partial charge on any atom is -0.465 e. The Morgan fingerprint density at radius 3 is 2.62 bits per heavy atom. The Balaban J connectivity index is 1.56. The zero-order chi connectivity index (χ0) is 17.0. The summed E-state index contributed by atoms with van der Waals surface area (Å²) in [5, 5.41) is 21.0. The van der Waals surface area contributed by atoms with Crippen LogP contribution in [0.1, 0.15) is 37.7 Å². The van der Waals surface area contributed by atoms with Gasteiger partial charge in [-0.3, -0.25) is 0 Å². The highest BCUT2D eigenvalue weighted by atomic mass is 16.4. The van der Waals surface area contributed by atoms with Crippen molar-refractivity contribution in [2.75, 3.05) is 19.6 Å². The van der Waals surface area contributed by atoms with Crippen molar-refractivity contribution in [1.29, 1.82) is 5.26 Å². The average Bonchev–Trinajstić information content (AvgIpc) is 3.10. The molecule has 1 aromatic rings. The van der Waals surface area contributed by atoms with E-state index in [2.05, 4.69) is 28.4 Å². The summed E-state index contributed by atoms with van der Waals surface area (Å²) < 4.78 is 0. The minimum absolute atomic E-state index is 0.332. The van der Waals surface area contributed by atoms with Gasteiger partial charge in [-0.25, -0.2) is 4.79 Å². The first-order valence-corrected chi connectivity index (χ1v) is 8.80. The van der Waals surface area contributed by atoms with Crippen molar-refractivity contribution in [3.8, 4) is 6.07 Å². The molecule has 3 rings (SSSR count). The maximum absolute atomic E-state index is 10.6. The van der Waals surface area contributed by atoms with Gasteiger partial charge in [-0.1, -0.05) is 30.3 Å². The van der Waals surface area contributed by atoms with E-state index in [1.54, 1.807) is 0 Å². The molecular weight excluding hydrogens is 302 g/mol. The zero-order valence-electron chi connectivity index (χ0n) is 13.9. The summed E-state index contributed by atoms with van der Waals surface area (Å²) in [7, 11) is 0. The molecule has 1 aromatic carbocycles. The second-order valence-corrected chi connectivity index (χ2v) is 7.13. The van der Waals surface area contributed by atoms with Gasteiger partial charge in [0.1, 0.15) is 0 Å². The molecule has 0 bridgehead atoms. The highest BCUT2D eigenvalue weighted by molar-refractivity contribution is 5.64. The van der Waals surface area contributed by atoms with E-state index >= 15 is 0 Å². The highest BCUT2D eigenvalue weighted by Gasteiger charge is 2.39. The van der Waals surface area contributed by atoms with E-state index in [0.717, 1.165) is 50.8 Å². The summed E-state index contributed by atoms with van der Waals surface area (Å²) >= 11 is 0. The topological polar surface area (TPSA) is 76.4 Å². The summed E-state index contributed by atoms with van der Waals surface area (Å²) in [5.41, 5.74) is 0.817. The predicted octanol–water partition coefficient (Wildman–Crippen LogP) is 2.98. The molecule has 1 saturated heterocycles. The molecule has 0 radical (unpaired) electrons. The molecule has 128 valence electrons. The number of nitrogens with one attached hydrogen (secondary N) is 1. The molecule has 0 aromatic heterocycles. The molecule has 24 heavy (non-hydrogen) atoms. The molecule has 0 unspecified atom stereocenters. The minimum atomic E-state index is -0.937. The fraction of sp³-hybridized carbons (Fsp3) is 0.579. The van der Waals surface area contributed by atoms with Crippen molar-refractivity contribution >= 4 is 6.09 Å². The third-order valence-corrected chi connectivity index (χ3v) is 5.72. The van der Waals surface area contributed by atoms with Gasteiger partial charge in [0.2, 0.25) is 0 Å². The second-order valence-electron chi connectivity index (χ2n) is 7.13. The molecule has 1 amide bonds. The number of nitrogens with zero attached hydrogens (tertiary/aromatic N) is 2. The Kier molecular flexibility index (Phi) is 5.06. The third kappa shape index (κ3) is 3.54. The predicted molar refractivity (Wildman–Crippen MR) is 91.7 cm³/mol. The molecule has 0 spiro atoms. The van der Waals surface area contributed by atoms with Crippen molar-refractivity contribution < 1.29 is 9.90 Å². The number of nitriles is 1. The molecule has 2 fully saturated rings. The summed E-state index contributed by atoms with van der Waals surface area (Å²) in [6.45, 7) is 2.56. The number of carboxylic acid groups (broad SMARTS) is 1. The van der Waals surface area contributed by atoms with Crippen LogP contribution in [0.4, 0.5) is 4.79 Å². The van der Waals surface area contributed by atoms with Gasteiger partial charge in [0.15, 0.2) is 0 Å². The quantitative estimate of drug-likeness (QED) is 0.891. The van der Waals surface area contributed by atoms with Crippen molar-refractivity contribution in [2.24, 2.45) is 5.92 Å². The van der Waals surface area contributed by atoms with Gasteiger partial charge < -0.3 is 15.3 Å². The molecule has 1 aliphatic heterocycles. The number of amides is 1. The van der Waals surface area contributed by atoms with E-state index in [4.69, 9.17) is 5.11 Å². The Morgan fingerprint density at radius 2 is 2.00 bits per heavy atom. The largest absolute Gasteiger partial charge is 0.465 e. The van der Waals surface area contributed by atoms with Gasteiger partial charge in [-0.15, -0.1) is 0 Å². The third-order valence-electron chi connectivity index (χ3n) is 5.72. The smallest absolute Gasteiger partial charge is 0.404 e. The number of carbonyl (C=O) groups is 1. The lowest BCUT2D eigenvalue weighted by Gasteiger charge is -2.39. The highest BCUT2D eigenvalue weighted by Crippen LogP contribution is 2.41. The van der Waals surface area contributed by atoms with Crippen LogP contribution in [0.5, 0.6) is 0 Å². The van der Waals surface area contributed by atoms with Crippen molar-refractivity contribution in [1.82, 2.24) is 10.2 Å².